The number of hydrogen-bond acceptors (Lipinski definition) is 5. The van der Waals surface area contributed by atoms with Gasteiger partial charge in [0.2, 0.25) is 0 Å². The van der Waals surface area contributed by atoms with Crippen LogP contribution in [0.25, 0.3) is 0 Å². The largest absolute Gasteiger partial charge is 0.379 e. The third kappa shape index (κ3) is 3.12. The van der Waals surface area contributed by atoms with E-state index in [0.29, 0.717) is 29.8 Å². The fraction of sp³-hybridized carbons (Fsp3) is 0.500. The van der Waals surface area contributed by atoms with Gasteiger partial charge in [0.1, 0.15) is 6.26 Å². The highest BCUT2D eigenvalue weighted by molar-refractivity contribution is 5.94. The highest BCUT2D eigenvalue weighted by atomic mass is 16.9. The van der Waals surface area contributed by atoms with E-state index in [1.807, 2.05) is 6.08 Å². The molecule has 4 atom stereocenters. The van der Waals surface area contributed by atoms with Crippen molar-refractivity contribution in [3.63, 3.8) is 0 Å². The first-order valence-corrected chi connectivity index (χ1v) is 8.61. The van der Waals surface area contributed by atoms with Crippen LogP contribution < -0.4 is 10.2 Å². The fourth-order valence-corrected chi connectivity index (χ4v) is 3.84. The first kappa shape index (κ1) is 15.5. The topological polar surface area (TPSA) is 54.0 Å². The zero-order valence-corrected chi connectivity index (χ0v) is 13.9. The van der Waals surface area contributed by atoms with Crippen LogP contribution in [-0.2, 0) is 4.84 Å². The van der Waals surface area contributed by atoms with E-state index in [-0.39, 0.29) is 11.9 Å². The summed E-state index contributed by atoms with van der Waals surface area (Å²) in [6.45, 7) is 5.00. The second-order valence-electron chi connectivity index (χ2n) is 6.82. The van der Waals surface area contributed by atoms with Gasteiger partial charge in [-0.05, 0) is 62.6 Å². The Kier molecular flexibility index (Phi) is 4.16. The second kappa shape index (κ2) is 6.45. The summed E-state index contributed by atoms with van der Waals surface area (Å²) in [7, 11) is 0. The number of carbonyl (C=O) groups is 1. The molecule has 0 radical (unpaired) electrons. The van der Waals surface area contributed by atoms with Crippen LogP contribution in [0.5, 0.6) is 5.75 Å². The van der Waals surface area contributed by atoms with Crippen LogP contribution >= 0.6 is 0 Å². The zero-order chi connectivity index (χ0) is 16.5. The second-order valence-corrected chi connectivity index (χ2v) is 6.82. The Hall–Kier alpha value is -2.05. The van der Waals surface area contributed by atoms with Crippen LogP contribution in [0, 0.1) is 5.92 Å². The van der Waals surface area contributed by atoms with Gasteiger partial charge >= 0.3 is 0 Å². The average Bonchev–Trinajstić information content (AvgIpc) is 3.09. The van der Waals surface area contributed by atoms with Crippen molar-refractivity contribution in [3.8, 4) is 5.75 Å². The molecule has 0 spiro atoms. The van der Waals surface area contributed by atoms with Gasteiger partial charge in [-0.3, -0.25) is 9.69 Å². The quantitative estimate of drug-likeness (QED) is 0.915. The molecule has 128 valence electrons. The van der Waals surface area contributed by atoms with Crippen molar-refractivity contribution in [1.29, 1.82) is 0 Å². The predicted molar refractivity (Wildman–Crippen MR) is 89.0 cm³/mol. The summed E-state index contributed by atoms with van der Waals surface area (Å²) in [4.78, 5) is 25.6. The summed E-state index contributed by atoms with van der Waals surface area (Å²) in [6.07, 6.45) is 5.81. The molecule has 2 bridgehead atoms. The molecule has 6 nitrogen and oxygen atoms in total. The molecule has 24 heavy (non-hydrogen) atoms. The molecule has 4 heterocycles. The first-order valence-electron chi connectivity index (χ1n) is 8.61. The van der Waals surface area contributed by atoms with Gasteiger partial charge in [0.15, 0.2) is 5.75 Å². The number of fused-ring (bicyclic) bond motifs is 3. The monoisotopic (exact) mass is 329 g/mol. The standard InChI is InChI=1S/C18H23N3O3/c1-13-11-15-7-9-20(13)12-17(15)19-18(22)14-3-5-16(6-4-14)24-21-8-2-10-23-21/h2-6,10,13,15,17H,7-9,11-12H2,1H3,(H,19,22). The highest BCUT2D eigenvalue weighted by Gasteiger charge is 2.38. The fourth-order valence-electron chi connectivity index (χ4n) is 3.84. The maximum absolute atomic E-state index is 12.5. The van der Waals surface area contributed by atoms with Crippen LogP contribution in [0.1, 0.15) is 30.1 Å². The first-order chi connectivity index (χ1) is 11.7. The molecule has 1 N–H and O–H groups in total. The summed E-state index contributed by atoms with van der Waals surface area (Å²) in [5.74, 6) is 1.25. The Bertz CT molecular complexity index is 623. The molecule has 6 heteroatoms. The Balaban J connectivity index is 1.34. The van der Waals surface area contributed by atoms with Crippen molar-refractivity contribution in [2.45, 2.75) is 31.8 Å². The Morgan fingerprint density at radius 2 is 2.17 bits per heavy atom. The molecule has 5 rings (SSSR count). The van der Waals surface area contributed by atoms with Crippen LogP contribution in [0.3, 0.4) is 0 Å². The molecular weight excluding hydrogens is 306 g/mol. The number of benzene rings is 1. The van der Waals surface area contributed by atoms with Crippen LogP contribution in [0.2, 0.25) is 0 Å². The maximum atomic E-state index is 12.5. The normalized spacial score (nSPS) is 31.7. The number of carbonyl (C=O) groups excluding carboxylic acids is 1. The molecule has 0 saturated carbocycles. The molecule has 1 aromatic rings. The minimum Gasteiger partial charge on any atom is -0.379 e. The van der Waals surface area contributed by atoms with Gasteiger partial charge in [-0.15, -0.1) is 0 Å². The van der Waals surface area contributed by atoms with Crippen molar-refractivity contribution in [1.82, 2.24) is 15.4 Å². The van der Waals surface area contributed by atoms with Crippen molar-refractivity contribution in [2.24, 2.45) is 5.92 Å². The summed E-state index contributed by atoms with van der Waals surface area (Å²) in [5.41, 5.74) is 0.660. The number of hydroxylamine groups is 2. The molecule has 4 aliphatic rings. The lowest BCUT2D eigenvalue weighted by Crippen LogP contribution is -2.60. The third-order valence-electron chi connectivity index (χ3n) is 5.22. The summed E-state index contributed by atoms with van der Waals surface area (Å²) >= 11 is 0. The smallest absolute Gasteiger partial charge is 0.251 e. The average molecular weight is 329 g/mol. The lowest BCUT2D eigenvalue weighted by Gasteiger charge is -2.48. The van der Waals surface area contributed by atoms with E-state index in [9.17, 15) is 4.79 Å². The van der Waals surface area contributed by atoms with Crippen molar-refractivity contribution >= 4 is 5.91 Å². The van der Waals surface area contributed by atoms with E-state index in [4.69, 9.17) is 9.68 Å². The van der Waals surface area contributed by atoms with Crippen molar-refractivity contribution < 1.29 is 14.5 Å². The Morgan fingerprint density at radius 3 is 2.79 bits per heavy atom. The van der Waals surface area contributed by atoms with Crippen molar-refractivity contribution in [2.75, 3.05) is 19.6 Å². The Labute approximate surface area is 141 Å². The van der Waals surface area contributed by atoms with Gasteiger partial charge < -0.3 is 15.0 Å². The molecule has 4 unspecified atom stereocenters. The van der Waals surface area contributed by atoms with Gasteiger partial charge in [-0.1, -0.05) is 0 Å². The minimum absolute atomic E-state index is 0.00737. The van der Waals surface area contributed by atoms with Crippen molar-refractivity contribution in [3.05, 3.63) is 42.2 Å². The van der Waals surface area contributed by atoms with Gasteiger partial charge in [-0.2, -0.15) is 0 Å². The number of amides is 1. The van der Waals surface area contributed by atoms with Crippen LogP contribution in [0.15, 0.2) is 36.6 Å². The van der Waals surface area contributed by atoms with Gasteiger partial charge in [-0.25, -0.2) is 0 Å². The molecule has 1 aromatic carbocycles. The molecular formula is C18H23N3O3. The number of rotatable bonds is 4. The lowest BCUT2D eigenvalue weighted by atomic mass is 9.80. The predicted octanol–water partition coefficient (Wildman–Crippen LogP) is 1.95. The highest BCUT2D eigenvalue weighted by Crippen LogP contribution is 2.32. The van der Waals surface area contributed by atoms with E-state index < -0.39 is 0 Å². The number of nitrogens with one attached hydrogen (secondary N) is 1. The van der Waals surface area contributed by atoms with Crippen LogP contribution in [0.4, 0.5) is 0 Å². The number of nitrogens with zero attached hydrogens (tertiary/aromatic N) is 2. The van der Waals surface area contributed by atoms with E-state index in [1.54, 1.807) is 30.5 Å². The summed E-state index contributed by atoms with van der Waals surface area (Å²) in [5, 5.41) is 4.59. The summed E-state index contributed by atoms with van der Waals surface area (Å²) < 4.78 is 0. The molecule has 3 saturated heterocycles. The molecule has 0 aromatic heterocycles. The SMILES string of the molecule is CC1CC2CCN1CC2NC(=O)c1ccc(ON2CC=CO2)cc1. The number of hydrogen-bond donors (Lipinski definition) is 1. The third-order valence-corrected chi connectivity index (χ3v) is 5.22. The maximum Gasteiger partial charge on any atom is 0.251 e. The van der Waals surface area contributed by atoms with Gasteiger partial charge in [0, 0.05) is 29.4 Å². The minimum atomic E-state index is -0.00737. The lowest BCUT2D eigenvalue weighted by molar-refractivity contribution is -0.266. The van der Waals surface area contributed by atoms with E-state index in [0.717, 1.165) is 13.1 Å². The molecule has 1 amide bonds. The molecule has 4 aliphatic heterocycles. The zero-order valence-electron chi connectivity index (χ0n) is 13.9. The molecule has 3 fully saturated rings. The molecule has 0 aliphatic carbocycles. The van der Waals surface area contributed by atoms with E-state index in [2.05, 4.69) is 17.1 Å². The van der Waals surface area contributed by atoms with E-state index >= 15 is 0 Å². The van der Waals surface area contributed by atoms with Gasteiger partial charge in [0.25, 0.3) is 5.91 Å². The van der Waals surface area contributed by atoms with Gasteiger partial charge in [0.05, 0.1) is 6.54 Å². The number of piperidine rings is 3. The Morgan fingerprint density at radius 1 is 1.33 bits per heavy atom. The summed E-state index contributed by atoms with van der Waals surface area (Å²) in [6, 6.07) is 8.07. The van der Waals surface area contributed by atoms with Crippen LogP contribution in [-0.4, -0.2) is 47.8 Å². The van der Waals surface area contributed by atoms with E-state index in [1.165, 1.54) is 18.1 Å².